The molecule has 4 heteroatoms. The molecule has 0 aliphatic carbocycles. The minimum atomic E-state index is -0.353. The highest BCUT2D eigenvalue weighted by molar-refractivity contribution is 5.77. The molecule has 1 aromatic rings. The number of aromatic hydroxyl groups is 1. The summed E-state index contributed by atoms with van der Waals surface area (Å²) in [6, 6.07) is 4.95. The van der Waals surface area contributed by atoms with Gasteiger partial charge in [-0.1, -0.05) is 6.07 Å². The van der Waals surface area contributed by atoms with Crippen LogP contribution in [0.15, 0.2) is 18.2 Å². The zero-order chi connectivity index (χ0) is 13.3. The lowest BCUT2D eigenvalue weighted by Gasteiger charge is -2.38. The minimum absolute atomic E-state index is 0.231. The molecule has 0 radical (unpaired) electrons. The van der Waals surface area contributed by atoms with Gasteiger partial charge in [-0.15, -0.1) is 0 Å². The molecule has 0 spiro atoms. The van der Waals surface area contributed by atoms with Crippen molar-refractivity contribution in [1.82, 2.24) is 5.32 Å². The van der Waals surface area contributed by atoms with Gasteiger partial charge in [0.2, 0.25) is 0 Å². The predicted octanol–water partition coefficient (Wildman–Crippen LogP) is 1.70. The van der Waals surface area contributed by atoms with Gasteiger partial charge in [-0.3, -0.25) is 10.1 Å². The van der Waals surface area contributed by atoms with E-state index in [9.17, 15) is 9.90 Å². The lowest BCUT2D eigenvalue weighted by atomic mass is 9.82. The Kier molecular flexibility index (Phi) is 3.30. The first-order valence-corrected chi connectivity index (χ1v) is 6.20. The fourth-order valence-electron chi connectivity index (χ4n) is 2.53. The maximum absolute atomic E-state index is 11.8. The number of benzene rings is 1. The van der Waals surface area contributed by atoms with Crippen LogP contribution in [0.4, 0.5) is 0 Å². The Hall–Kier alpha value is -1.55. The van der Waals surface area contributed by atoms with Gasteiger partial charge in [0, 0.05) is 5.54 Å². The molecule has 0 saturated carbocycles. The average Bonchev–Trinajstić information content (AvgIpc) is 2.27. The van der Waals surface area contributed by atoms with E-state index in [-0.39, 0.29) is 23.3 Å². The molecule has 2 N–H and O–H groups in total. The van der Waals surface area contributed by atoms with E-state index < -0.39 is 0 Å². The summed E-state index contributed by atoms with van der Waals surface area (Å²) < 4.78 is 5.06. The monoisotopic (exact) mass is 249 g/mol. The second-order valence-electron chi connectivity index (χ2n) is 5.12. The fraction of sp³-hybridized carbons (Fsp3) is 0.500. The van der Waals surface area contributed by atoms with Crippen LogP contribution in [0, 0.1) is 0 Å². The van der Waals surface area contributed by atoms with E-state index in [1.807, 2.05) is 19.9 Å². The zero-order valence-electron chi connectivity index (χ0n) is 11.0. The molecular weight excluding hydrogens is 230 g/mol. The third kappa shape index (κ3) is 2.34. The number of carbonyl (C=O) groups is 1. The van der Waals surface area contributed by atoms with Crippen molar-refractivity contribution in [2.45, 2.75) is 38.8 Å². The highest BCUT2D eigenvalue weighted by Gasteiger charge is 2.36. The molecule has 1 aliphatic heterocycles. The highest BCUT2D eigenvalue weighted by atomic mass is 16.5. The SMILES string of the molecule is CCOC(=O)C1Cc2cc(O)ccc2C(C)(C)N1. The molecule has 0 amide bonds. The van der Waals surface area contributed by atoms with Gasteiger partial charge in [-0.2, -0.15) is 0 Å². The quantitative estimate of drug-likeness (QED) is 0.783. The number of carbonyl (C=O) groups excluding carboxylic acids is 1. The summed E-state index contributed by atoms with van der Waals surface area (Å²) in [7, 11) is 0. The number of phenols is 1. The summed E-state index contributed by atoms with van der Waals surface area (Å²) in [6.45, 7) is 6.22. The van der Waals surface area contributed by atoms with Crippen LogP contribution < -0.4 is 5.32 Å². The van der Waals surface area contributed by atoms with Gasteiger partial charge < -0.3 is 9.84 Å². The van der Waals surface area contributed by atoms with Crippen molar-refractivity contribution in [3.63, 3.8) is 0 Å². The lowest BCUT2D eigenvalue weighted by Crippen LogP contribution is -2.53. The number of phenolic OH excluding ortho intramolecular Hbond substituents is 1. The van der Waals surface area contributed by atoms with E-state index in [4.69, 9.17) is 4.74 Å². The summed E-state index contributed by atoms with van der Waals surface area (Å²) in [4.78, 5) is 11.8. The minimum Gasteiger partial charge on any atom is -0.508 e. The van der Waals surface area contributed by atoms with Crippen molar-refractivity contribution in [2.24, 2.45) is 0 Å². The number of hydrogen-bond donors (Lipinski definition) is 2. The van der Waals surface area contributed by atoms with Crippen LogP contribution in [0.2, 0.25) is 0 Å². The number of hydrogen-bond acceptors (Lipinski definition) is 4. The Morgan fingerprint density at radius 3 is 2.94 bits per heavy atom. The topological polar surface area (TPSA) is 58.6 Å². The molecule has 0 bridgehead atoms. The Balaban J connectivity index is 2.33. The van der Waals surface area contributed by atoms with Gasteiger partial charge in [0.05, 0.1) is 6.61 Å². The molecule has 0 aromatic heterocycles. The summed E-state index contributed by atoms with van der Waals surface area (Å²) >= 11 is 0. The smallest absolute Gasteiger partial charge is 0.323 e. The molecule has 1 unspecified atom stereocenters. The first-order chi connectivity index (χ1) is 8.44. The molecule has 4 nitrogen and oxygen atoms in total. The van der Waals surface area contributed by atoms with Crippen LogP contribution in [0.3, 0.4) is 0 Å². The number of fused-ring (bicyclic) bond motifs is 1. The first kappa shape index (κ1) is 12.9. The highest BCUT2D eigenvalue weighted by Crippen LogP contribution is 2.32. The van der Waals surface area contributed by atoms with Gasteiger partial charge in [0.1, 0.15) is 11.8 Å². The van der Waals surface area contributed by atoms with Crippen LogP contribution in [0.25, 0.3) is 0 Å². The van der Waals surface area contributed by atoms with Gasteiger partial charge in [-0.25, -0.2) is 0 Å². The van der Waals surface area contributed by atoms with Crippen LogP contribution >= 0.6 is 0 Å². The summed E-state index contributed by atoms with van der Waals surface area (Å²) in [5.41, 5.74) is 1.80. The summed E-state index contributed by atoms with van der Waals surface area (Å²) in [5.74, 6) is -0.00590. The van der Waals surface area contributed by atoms with Crippen LogP contribution in [0.1, 0.15) is 31.9 Å². The van der Waals surface area contributed by atoms with Gasteiger partial charge in [0.25, 0.3) is 0 Å². The van der Waals surface area contributed by atoms with E-state index in [2.05, 4.69) is 5.32 Å². The van der Waals surface area contributed by atoms with Gasteiger partial charge in [-0.05, 0) is 50.5 Å². The molecule has 18 heavy (non-hydrogen) atoms. The van der Waals surface area contributed by atoms with Crippen molar-refractivity contribution < 1.29 is 14.6 Å². The maximum atomic E-state index is 11.8. The van der Waals surface area contributed by atoms with Crippen LogP contribution in [-0.2, 0) is 21.5 Å². The molecule has 1 aliphatic rings. The van der Waals surface area contributed by atoms with E-state index in [1.54, 1.807) is 19.1 Å². The third-order valence-electron chi connectivity index (χ3n) is 3.29. The number of nitrogens with one attached hydrogen (secondary N) is 1. The van der Waals surface area contributed by atoms with Crippen molar-refractivity contribution in [3.8, 4) is 5.75 Å². The largest absolute Gasteiger partial charge is 0.508 e. The molecular formula is C14H19NO3. The second kappa shape index (κ2) is 4.61. The molecule has 0 saturated heterocycles. The summed E-state index contributed by atoms with van der Waals surface area (Å²) in [5, 5.41) is 12.8. The van der Waals surface area contributed by atoms with Crippen molar-refractivity contribution in [1.29, 1.82) is 0 Å². The normalized spacial score (nSPS) is 21.2. The van der Waals surface area contributed by atoms with E-state index >= 15 is 0 Å². The Morgan fingerprint density at radius 2 is 2.28 bits per heavy atom. The average molecular weight is 249 g/mol. The maximum Gasteiger partial charge on any atom is 0.323 e. The van der Waals surface area contributed by atoms with Crippen LogP contribution in [-0.4, -0.2) is 23.7 Å². The molecule has 1 heterocycles. The van der Waals surface area contributed by atoms with Crippen molar-refractivity contribution >= 4 is 5.97 Å². The zero-order valence-corrected chi connectivity index (χ0v) is 11.0. The van der Waals surface area contributed by atoms with Gasteiger partial charge in [0.15, 0.2) is 0 Å². The second-order valence-corrected chi connectivity index (χ2v) is 5.12. The van der Waals surface area contributed by atoms with Crippen molar-refractivity contribution in [2.75, 3.05) is 6.61 Å². The number of rotatable bonds is 2. The molecule has 98 valence electrons. The number of ether oxygens (including phenoxy) is 1. The van der Waals surface area contributed by atoms with E-state index in [0.29, 0.717) is 13.0 Å². The van der Waals surface area contributed by atoms with Gasteiger partial charge >= 0.3 is 5.97 Å². The molecule has 1 atom stereocenters. The number of esters is 1. The molecule has 2 rings (SSSR count). The van der Waals surface area contributed by atoms with Crippen molar-refractivity contribution in [3.05, 3.63) is 29.3 Å². The lowest BCUT2D eigenvalue weighted by molar-refractivity contribution is -0.146. The Morgan fingerprint density at radius 1 is 1.56 bits per heavy atom. The Bertz CT molecular complexity index is 468. The Labute approximate surface area is 107 Å². The standard InChI is InChI=1S/C14H19NO3/c1-4-18-13(17)12-8-9-7-10(16)5-6-11(9)14(2,3)15-12/h5-7,12,15-16H,4,8H2,1-3H3. The van der Waals surface area contributed by atoms with Crippen LogP contribution in [0.5, 0.6) is 5.75 Å². The fourth-order valence-corrected chi connectivity index (χ4v) is 2.53. The molecule has 1 aromatic carbocycles. The van der Waals surface area contributed by atoms with E-state index in [1.165, 1.54) is 0 Å². The third-order valence-corrected chi connectivity index (χ3v) is 3.29. The molecule has 0 fully saturated rings. The predicted molar refractivity (Wildman–Crippen MR) is 68.4 cm³/mol. The first-order valence-electron chi connectivity index (χ1n) is 6.20. The van der Waals surface area contributed by atoms with E-state index in [0.717, 1.165) is 11.1 Å². The summed E-state index contributed by atoms with van der Waals surface area (Å²) in [6.07, 6.45) is 0.548.